The third kappa shape index (κ3) is 6.26. The summed E-state index contributed by atoms with van der Waals surface area (Å²) >= 11 is 0. The van der Waals surface area contributed by atoms with Gasteiger partial charge in [0.25, 0.3) is 0 Å². The minimum atomic E-state index is -0.152. The molecule has 1 atom stereocenters. The Bertz CT molecular complexity index is 651. The summed E-state index contributed by atoms with van der Waals surface area (Å²) in [4.78, 5) is 2.33. The molecule has 1 aliphatic rings. The quantitative estimate of drug-likeness (QED) is 0.751. The van der Waals surface area contributed by atoms with Crippen molar-refractivity contribution in [1.82, 2.24) is 10.2 Å². The molecule has 1 aromatic carbocycles. The van der Waals surface area contributed by atoms with Crippen LogP contribution in [0.1, 0.15) is 70.7 Å². The summed E-state index contributed by atoms with van der Waals surface area (Å²) in [5, 5.41) is 23.9. The molecule has 27 heavy (non-hydrogen) atoms. The van der Waals surface area contributed by atoms with Gasteiger partial charge in [-0.25, -0.2) is 0 Å². The lowest BCUT2D eigenvalue weighted by Gasteiger charge is -2.36. The first-order valence-electron chi connectivity index (χ1n) is 9.25. The monoisotopic (exact) mass is 415 g/mol. The van der Waals surface area contributed by atoms with Crippen molar-refractivity contribution in [2.24, 2.45) is 0 Å². The molecule has 1 fully saturated rings. The lowest BCUT2D eigenvalue weighted by molar-refractivity contribution is 0.172. The van der Waals surface area contributed by atoms with Crippen molar-refractivity contribution in [2.75, 3.05) is 26.2 Å². The summed E-state index contributed by atoms with van der Waals surface area (Å²) in [6, 6.07) is 6.53. The predicted molar refractivity (Wildman–Crippen MR) is 117 cm³/mol. The molecule has 0 aliphatic carbocycles. The molecule has 1 aliphatic heterocycles. The van der Waals surface area contributed by atoms with E-state index in [0.29, 0.717) is 12.2 Å². The Labute approximate surface area is 177 Å². The molecule has 0 amide bonds. The number of hydrogen-bond donors (Lipinski definition) is 2. The van der Waals surface area contributed by atoms with Crippen LogP contribution in [-0.4, -0.2) is 36.2 Å². The summed E-state index contributed by atoms with van der Waals surface area (Å²) in [6.45, 7) is 16.6. The summed E-state index contributed by atoms with van der Waals surface area (Å²) < 4.78 is 0. The molecule has 1 saturated heterocycles. The lowest BCUT2D eigenvalue weighted by atomic mass is 9.77. The van der Waals surface area contributed by atoms with Gasteiger partial charge in [0, 0.05) is 31.7 Å². The molecule has 2 N–H and O–H groups in total. The number of piperazine rings is 1. The van der Waals surface area contributed by atoms with Crippen LogP contribution in [0, 0.1) is 11.3 Å². The lowest BCUT2D eigenvalue weighted by Crippen LogP contribution is -2.45. The highest BCUT2D eigenvalue weighted by molar-refractivity contribution is 5.85. The number of nitriles is 1. The number of halogens is 2. The molecular formula is C21H35Cl2N3O. The normalized spacial score (nSPS) is 16.6. The van der Waals surface area contributed by atoms with Crippen molar-refractivity contribution in [1.29, 1.82) is 5.26 Å². The van der Waals surface area contributed by atoms with Gasteiger partial charge < -0.3 is 10.4 Å². The first-order valence-corrected chi connectivity index (χ1v) is 9.25. The molecule has 154 valence electrons. The van der Waals surface area contributed by atoms with Gasteiger partial charge in [-0.05, 0) is 28.0 Å². The van der Waals surface area contributed by atoms with E-state index in [9.17, 15) is 10.4 Å². The fourth-order valence-electron chi connectivity index (χ4n) is 3.43. The standard InChI is InChI=1S/C21H33N3O.2ClH/c1-20(2,3)15-13-16(19(25)17(14-15)21(4,5)6)18(7-8-22)24-11-9-23-10-12-24;;/h13-14,18,23,25H,7,9-12H2,1-6H3;2*1H/t18-;;/m1../s1. The van der Waals surface area contributed by atoms with E-state index in [1.54, 1.807) is 0 Å². The number of benzene rings is 1. The van der Waals surface area contributed by atoms with E-state index in [0.717, 1.165) is 37.3 Å². The van der Waals surface area contributed by atoms with Gasteiger partial charge >= 0.3 is 0 Å². The van der Waals surface area contributed by atoms with Crippen molar-refractivity contribution in [3.63, 3.8) is 0 Å². The van der Waals surface area contributed by atoms with Crippen LogP contribution >= 0.6 is 24.8 Å². The van der Waals surface area contributed by atoms with E-state index in [4.69, 9.17) is 0 Å². The van der Waals surface area contributed by atoms with E-state index in [1.165, 1.54) is 5.56 Å². The number of phenolic OH excluding ortho intramolecular Hbond substituents is 1. The Kier molecular flexibility index (Phi) is 9.61. The summed E-state index contributed by atoms with van der Waals surface area (Å²) in [5.74, 6) is 0.360. The van der Waals surface area contributed by atoms with E-state index >= 15 is 0 Å². The maximum atomic E-state index is 11.1. The molecule has 6 heteroatoms. The number of nitrogens with one attached hydrogen (secondary N) is 1. The third-order valence-electron chi connectivity index (χ3n) is 5.05. The van der Waals surface area contributed by atoms with Gasteiger partial charge in [-0.2, -0.15) is 5.26 Å². The largest absolute Gasteiger partial charge is 0.507 e. The average Bonchev–Trinajstić information content (AvgIpc) is 2.52. The average molecular weight is 416 g/mol. The highest BCUT2D eigenvalue weighted by Crippen LogP contribution is 2.42. The SMILES string of the molecule is CC(C)(C)c1cc([C@@H](CC#N)N2CCNCC2)c(O)c(C(C)(C)C)c1.Cl.Cl. The van der Waals surface area contributed by atoms with Crippen LogP contribution in [0.3, 0.4) is 0 Å². The fourth-order valence-corrected chi connectivity index (χ4v) is 3.43. The van der Waals surface area contributed by atoms with Crippen LogP contribution < -0.4 is 5.32 Å². The second-order valence-corrected chi connectivity index (χ2v) is 9.13. The Morgan fingerprint density at radius 2 is 1.63 bits per heavy atom. The highest BCUT2D eigenvalue weighted by atomic mass is 35.5. The van der Waals surface area contributed by atoms with Crippen LogP contribution in [-0.2, 0) is 10.8 Å². The number of aromatic hydroxyl groups is 1. The van der Waals surface area contributed by atoms with Gasteiger partial charge in [0.2, 0.25) is 0 Å². The van der Waals surface area contributed by atoms with Crippen LogP contribution in [0.5, 0.6) is 5.75 Å². The van der Waals surface area contributed by atoms with Gasteiger partial charge in [0.15, 0.2) is 0 Å². The van der Waals surface area contributed by atoms with Gasteiger partial charge in [-0.3, -0.25) is 4.90 Å². The first-order chi connectivity index (χ1) is 11.6. The zero-order valence-electron chi connectivity index (χ0n) is 17.4. The first kappa shape index (κ1) is 26.0. The molecule has 1 heterocycles. The Balaban J connectivity index is 0.00000338. The smallest absolute Gasteiger partial charge is 0.124 e. The number of rotatable bonds is 3. The maximum Gasteiger partial charge on any atom is 0.124 e. The van der Waals surface area contributed by atoms with Gasteiger partial charge in [0.1, 0.15) is 5.75 Å². The molecule has 0 aromatic heterocycles. The second kappa shape index (κ2) is 9.98. The molecule has 0 spiro atoms. The van der Waals surface area contributed by atoms with Gasteiger partial charge in [0.05, 0.1) is 18.5 Å². The minimum Gasteiger partial charge on any atom is -0.507 e. The molecule has 2 rings (SSSR count). The van der Waals surface area contributed by atoms with Crippen LogP contribution in [0.2, 0.25) is 0 Å². The topological polar surface area (TPSA) is 59.3 Å². The number of nitrogens with zero attached hydrogens (tertiary/aromatic N) is 2. The predicted octanol–water partition coefficient (Wildman–Crippen LogP) is 4.69. The number of phenols is 1. The molecule has 4 nitrogen and oxygen atoms in total. The Hall–Kier alpha value is -0.990. The summed E-state index contributed by atoms with van der Waals surface area (Å²) in [6.07, 6.45) is 0.394. The molecule has 0 saturated carbocycles. The molecule has 0 unspecified atom stereocenters. The van der Waals surface area contributed by atoms with Crippen LogP contribution in [0.25, 0.3) is 0 Å². The summed E-state index contributed by atoms with van der Waals surface area (Å²) in [5.41, 5.74) is 2.92. The van der Waals surface area contributed by atoms with E-state index < -0.39 is 0 Å². The summed E-state index contributed by atoms with van der Waals surface area (Å²) in [7, 11) is 0. The van der Waals surface area contributed by atoms with Crippen molar-refractivity contribution in [2.45, 2.75) is 64.8 Å². The zero-order valence-corrected chi connectivity index (χ0v) is 19.1. The Morgan fingerprint density at radius 3 is 2.07 bits per heavy atom. The zero-order chi connectivity index (χ0) is 18.8. The fraction of sp³-hybridized carbons (Fsp3) is 0.667. The van der Waals surface area contributed by atoms with Gasteiger partial charge in [-0.1, -0.05) is 47.6 Å². The Morgan fingerprint density at radius 1 is 1.07 bits per heavy atom. The molecule has 0 bridgehead atoms. The maximum absolute atomic E-state index is 11.1. The minimum absolute atomic E-state index is 0. The van der Waals surface area contributed by atoms with Crippen molar-refractivity contribution >= 4 is 24.8 Å². The van der Waals surface area contributed by atoms with Crippen molar-refractivity contribution in [3.8, 4) is 11.8 Å². The van der Waals surface area contributed by atoms with Crippen LogP contribution in [0.4, 0.5) is 0 Å². The molecule has 0 radical (unpaired) electrons. The molecule has 1 aromatic rings. The van der Waals surface area contributed by atoms with Crippen molar-refractivity contribution < 1.29 is 5.11 Å². The van der Waals surface area contributed by atoms with E-state index in [-0.39, 0.29) is 41.7 Å². The number of hydrogen-bond acceptors (Lipinski definition) is 4. The van der Waals surface area contributed by atoms with E-state index in [1.807, 2.05) is 0 Å². The highest BCUT2D eigenvalue weighted by Gasteiger charge is 2.30. The molecular weight excluding hydrogens is 381 g/mol. The van der Waals surface area contributed by atoms with Crippen molar-refractivity contribution in [3.05, 3.63) is 28.8 Å². The third-order valence-corrected chi connectivity index (χ3v) is 5.05. The van der Waals surface area contributed by atoms with Crippen LogP contribution in [0.15, 0.2) is 12.1 Å². The van der Waals surface area contributed by atoms with Gasteiger partial charge in [-0.15, -0.1) is 24.8 Å². The second-order valence-electron chi connectivity index (χ2n) is 9.13. The van der Waals surface area contributed by atoms with E-state index in [2.05, 4.69) is 70.0 Å².